The largest absolute Gasteiger partial charge is 0.353 e. The van der Waals surface area contributed by atoms with Crippen LogP contribution >= 0.6 is 0 Å². The van der Waals surface area contributed by atoms with Gasteiger partial charge in [0.2, 0.25) is 11.8 Å². The Morgan fingerprint density at radius 2 is 1.50 bits per heavy atom. The molecule has 2 aliphatic rings. The number of nitrogens with zero attached hydrogens (tertiary/aromatic N) is 1. The summed E-state index contributed by atoms with van der Waals surface area (Å²) >= 11 is 0. The Morgan fingerprint density at radius 3 is 2.04 bits per heavy atom. The van der Waals surface area contributed by atoms with Gasteiger partial charge in [0.05, 0.1) is 0 Å². The Hall–Kier alpha value is -1.10. The predicted molar refractivity (Wildman–Crippen MR) is 106 cm³/mol. The molecule has 0 unspecified atom stereocenters. The van der Waals surface area contributed by atoms with E-state index in [1.54, 1.807) is 0 Å². The number of hydrogen-bond donors (Lipinski definition) is 2. The average Bonchev–Trinajstić information content (AvgIpc) is 2.77. The second-order valence-corrected chi connectivity index (χ2v) is 9.72. The summed E-state index contributed by atoms with van der Waals surface area (Å²) in [7, 11) is 1.90. The molecule has 2 fully saturated rings. The minimum absolute atomic E-state index is 0.0117. The van der Waals surface area contributed by atoms with E-state index >= 15 is 0 Å². The van der Waals surface area contributed by atoms with Crippen LogP contribution in [0.5, 0.6) is 0 Å². The first kappa shape index (κ1) is 21.2. The molecule has 26 heavy (non-hydrogen) atoms. The van der Waals surface area contributed by atoms with Crippen LogP contribution in [0.3, 0.4) is 0 Å². The van der Waals surface area contributed by atoms with E-state index in [0.717, 1.165) is 25.7 Å². The van der Waals surface area contributed by atoms with Gasteiger partial charge in [0.15, 0.2) is 0 Å². The summed E-state index contributed by atoms with van der Waals surface area (Å²) in [4.78, 5) is 26.8. The molecule has 2 rings (SSSR count). The van der Waals surface area contributed by atoms with Crippen LogP contribution < -0.4 is 10.6 Å². The van der Waals surface area contributed by atoms with Crippen LogP contribution in [0.4, 0.5) is 0 Å². The summed E-state index contributed by atoms with van der Waals surface area (Å²) in [6.45, 7) is 8.78. The van der Waals surface area contributed by atoms with Crippen molar-refractivity contribution in [3.05, 3.63) is 0 Å². The standard InChI is InChI=1S/C21H39N3O2/c1-20(2)14-17(15-21(3,4)23-20)24(5)19(26)13-12-18(25)22-16-10-8-6-7-9-11-16/h16-17,23H,6-15H2,1-5H3,(H,22,25). The van der Waals surface area contributed by atoms with Crippen molar-refractivity contribution in [2.75, 3.05) is 7.05 Å². The number of amides is 2. The minimum atomic E-state index is 0.0117. The van der Waals surface area contributed by atoms with Crippen molar-refractivity contribution in [1.29, 1.82) is 0 Å². The number of rotatable bonds is 5. The molecule has 150 valence electrons. The summed E-state index contributed by atoms with van der Waals surface area (Å²) in [6, 6.07) is 0.530. The minimum Gasteiger partial charge on any atom is -0.353 e. The van der Waals surface area contributed by atoms with Crippen molar-refractivity contribution in [1.82, 2.24) is 15.5 Å². The Labute approximate surface area is 159 Å². The Kier molecular flexibility index (Phi) is 7.12. The van der Waals surface area contributed by atoms with Crippen LogP contribution in [0.25, 0.3) is 0 Å². The van der Waals surface area contributed by atoms with Gasteiger partial charge in [-0.1, -0.05) is 25.7 Å². The summed E-state index contributed by atoms with van der Waals surface area (Å²) in [5.74, 6) is 0.115. The smallest absolute Gasteiger partial charge is 0.223 e. The first-order valence-corrected chi connectivity index (χ1v) is 10.4. The summed E-state index contributed by atoms with van der Waals surface area (Å²) < 4.78 is 0. The fourth-order valence-corrected chi connectivity index (χ4v) is 4.87. The SMILES string of the molecule is CN(C(=O)CCC(=O)NC1CCCCCC1)C1CC(C)(C)NC(C)(C)C1. The first-order chi connectivity index (χ1) is 12.1. The fraction of sp³-hybridized carbons (Fsp3) is 0.905. The van der Waals surface area contributed by atoms with E-state index in [0.29, 0.717) is 18.9 Å². The van der Waals surface area contributed by atoms with E-state index in [2.05, 4.69) is 38.3 Å². The predicted octanol–water partition coefficient (Wildman–Crippen LogP) is 3.37. The molecule has 1 saturated carbocycles. The van der Waals surface area contributed by atoms with Gasteiger partial charge in [-0.15, -0.1) is 0 Å². The lowest BCUT2D eigenvalue weighted by Crippen LogP contribution is -2.62. The fourth-order valence-electron chi connectivity index (χ4n) is 4.87. The second kappa shape index (κ2) is 8.73. The molecule has 1 saturated heterocycles. The van der Waals surface area contributed by atoms with Gasteiger partial charge in [-0.3, -0.25) is 9.59 Å². The molecular formula is C21H39N3O2. The lowest BCUT2D eigenvalue weighted by Gasteiger charge is -2.49. The van der Waals surface area contributed by atoms with E-state index in [-0.39, 0.29) is 28.9 Å². The van der Waals surface area contributed by atoms with Crippen molar-refractivity contribution in [2.45, 2.75) is 115 Å². The van der Waals surface area contributed by atoms with Gasteiger partial charge < -0.3 is 15.5 Å². The van der Waals surface area contributed by atoms with E-state index in [1.165, 1.54) is 25.7 Å². The van der Waals surface area contributed by atoms with Crippen LogP contribution in [-0.4, -0.2) is 46.9 Å². The number of piperidine rings is 1. The molecule has 0 bridgehead atoms. The molecular weight excluding hydrogens is 326 g/mol. The number of carbonyl (C=O) groups excluding carboxylic acids is 2. The maximum Gasteiger partial charge on any atom is 0.223 e. The van der Waals surface area contributed by atoms with Crippen LogP contribution in [0, 0.1) is 0 Å². The summed E-state index contributed by atoms with van der Waals surface area (Å²) in [6.07, 6.45) is 9.60. The van der Waals surface area contributed by atoms with Gasteiger partial charge in [-0.2, -0.15) is 0 Å². The van der Waals surface area contributed by atoms with Crippen LogP contribution in [0.15, 0.2) is 0 Å². The van der Waals surface area contributed by atoms with Gasteiger partial charge in [-0.05, 0) is 53.4 Å². The molecule has 0 spiro atoms. The van der Waals surface area contributed by atoms with Gasteiger partial charge in [0, 0.05) is 43.1 Å². The average molecular weight is 366 g/mol. The molecule has 0 atom stereocenters. The van der Waals surface area contributed by atoms with Crippen LogP contribution in [-0.2, 0) is 9.59 Å². The van der Waals surface area contributed by atoms with Gasteiger partial charge in [-0.25, -0.2) is 0 Å². The van der Waals surface area contributed by atoms with Crippen molar-refractivity contribution in [3.63, 3.8) is 0 Å². The zero-order chi connectivity index (χ0) is 19.4. The maximum atomic E-state index is 12.6. The van der Waals surface area contributed by atoms with E-state index in [1.807, 2.05) is 11.9 Å². The van der Waals surface area contributed by atoms with Gasteiger partial charge >= 0.3 is 0 Å². The van der Waals surface area contributed by atoms with Crippen LogP contribution in [0.2, 0.25) is 0 Å². The van der Waals surface area contributed by atoms with Crippen molar-refractivity contribution in [2.24, 2.45) is 0 Å². The Balaban J connectivity index is 1.80. The normalized spacial score (nSPS) is 23.9. The highest BCUT2D eigenvalue weighted by Gasteiger charge is 2.40. The molecule has 0 radical (unpaired) electrons. The lowest BCUT2D eigenvalue weighted by atomic mass is 9.79. The quantitative estimate of drug-likeness (QED) is 0.734. The van der Waals surface area contributed by atoms with Crippen LogP contribution in [0.1, 0.15) is 91.9 Å². The molecule has 2 amide bonds. The number of nitrogens with one attached hydrogen (secondary N) is 2. The monoisotopic (exact) mass is 365 g/mol. The molecule has 5 heteroatoms. The van der Waals surface area contributed by atoms with Gasteiger partial charge in [0.25, 0.3) is 0 Å². The molecule has 5 nitrogen and oxygen atoms in total. The highest BCUT2D eigenvalue weighted by atomic mass is 16.2. The number of hydrogen-bond acceptors (Lipinski definition) is 3. The van der Waals surface area contributed by atoms with Gasteiger partial charge in [0.1, 0.15) is 0 Å². The number of carbonyl (C=O) groups is 2. The van der Waals surface area contributed by atoms with Crippen molar-refractivity contribution >= 4 is 11.8 Å². The third-order valence-corrected chi connectivity index (χ3v) is 5.90. The van der Waals surface area contributed by atoms with Crippen molar-refractivity contribution < 1.29 is 9.59 Å². The van der Waals surface area contributed by atoms with Crippen molar-refractivity contribution in [3.8, 4) is 0 Å². The maximum absolute atomic E-state index is 12.6. The lowest BCUT2D eigenvalue weighted by molar-refractivity contribution is -0.135. The molecule has 2 N–H and O–H groups in total. The molecule has 1 heterocycles. The summed E-state index contributed by atoms with van der Waals surface area (Å²) in [5, 5.41) is 6.79. The second-order valence-electron chi connectivity index (χ2n) is 9.72. The first-order valence-electron chi connectivity index (χ1n) is 10.4. The Bertz CT molecular complexity index is 477. The molecule has 0 aromatic rings. The Morgan fingerprint density at radius 1 is 0.962 bits per heavy atom. The zero-order valence-electron chi connectivity index (χ0n) is 17.5. The zero-order valence-corrected chi connectivity index (χ0v) is 17.5. The summed E-state index contributed by atoms with van der Waals surface area (Å²) in [5.41, 5.74) is 0.0235. The molecule has 1 aliphatic heterocycles. The highest BCUT2D eigenvalue weighted by Crippen LogP contribution is 2.31. The third kappa shape index (κ3) is 6.57. The van der Waals surface area contributed by atoms with E-state index in [9.17, 15) is 9.59 Å². The van der Waals surface area contributed by atoms with E-state index in [4.69, 9.17) is 0 Å². The topological polar surface area (TPSA) is 61.4 Å². The highest BCUT2D eigenvalue weighted by molar-refractivity contribution is 5.84. The third-order valence-electron chi connectivity index (χ3n) is 5.90. The molecule has 0 aromatic heterocycles. The molecule has 0 aromatic carbocycles. The molecule has 1 aliphatic carbocycles. The van der Waals surface area contributed by atoms with E-state index < -0.39 is 0 Å².